The second-order valence-electron chi connectivity index (χ2n) is 5.28. The van der Waals surface area contributed by atoms with Crippen LogP contribution >= 0.6 is 11.8 Å². The van der Waals surface area contributed by atoms with E-state index in [-0.39, 0.29) is 11.5 Å². The summed E-state index contributed by atoms with van der Waals surface area (Å²) in [4.78, 5) is 15.2. The maximum absolute atomic E-state index is 11.2. The van der Waals surface area contributed by atoms with Crippen LogP contribution in [0, 0.1) is 6.92 Å². The van der Waals surface area contributed by atoms with Gasteiger partial charge in [0.25, 0.3) is 0 Å². The molecule has 0 spiro atoms. The van der Waals surface area contributed by atoms with Gasteiger partial charge in [0.15, 0.2) is 0 Å². The van der Waals surface area contributed by atoms with Gasteiger partial charge < -0.3 is 9.47 Å². The third kappa shape index (κ3) is 4.40. The van der Waals surface area contributed by atoms with Crippen molar-refractivity contribution in [3.63, 3.8) is 0 Å². The minimum atomic E-state index is -0.539. The minimum Gasteiger partial charge on any atom is -0.459 e. The Morgan fingerprint density at radius 3 is 2.73 bits per heavy atom. The van der Waals surface area contributed by atoms with Gasteiger partial charge in [-0.25, -0.2) is 0 Å². The standard InChI is InChI=1S/C15H19N3O3S/c1-9-4-6-12(7-5-9)22-14-8-13(17-18-16)15(10(2)20-14)21-11(3)19/h4-7,10,13-15H,8H2,1-3H3/t10-,13-,14-,15+/m0/s1. The summed E-state index contributed by atoms with van der Waals surface area (Å²) in [5, 5.41) is 3.78. The molecule has 6 nitrogen and oxygen atoms in total. The first-order chi connectivity index (χ1) is 10.5. The average molecular weight is 321 g/mol. The molecule has 22 heavy (non-hydrogen) atoms. The topological polar surface area (TPSA) is 84.3 Å². The molecule has 0 saturated carbocycles. The van der Waals surface area contributed by atoms with Crippen LogP contribution in [0.5, 0.6) is 0 Å². The van der Waals surface area contributed by atoms with Crippen LogP contribution in [-0.2, 0) is 14.3 Å². The molecule has 0 amide bonds. The lowest BCUT2D eigenvalue weighted by Crippen LogP contribution is -2.47. The van der Waals surface area contributed by atoms with Gasteiger partial charge in [0.2, 0.25) is 0 Å². The van der Waals surface area contributed by atoms with E-state index in [4.69, 9.17) is 15.0 Å². The SMILES string of the molecule is CC(=O)O[C@H]1[C@@H](N=[N+]=[N-])C[C@H](Sc2ccc(C)cc2)O[C@H]1C. The van der Waals surface area contributed by atoms with E-state index in [0.29, 0.717) is 6.42 Å². The van der Waals surface area contributed by atoms with Crippen molar-refractivity contribution in [1.29, 1.82) is 0 Å². The number of carbonyl (C=O) groups is 1. The van der Waals surface area contributed by atoms with Gasteiger partial charge in [0.1, 0.15) is 11.5 Å². The molecule has 0 unspecified atom stereocenters. The monoisotopic (exact) mass is 321 g/mol. The largest absolute Gasteiger partial charge is 0.459 e. The minimum absolute atomic E-state index is 0.139. The van der Waals surface area contributed by atoms with E-state index < -0.39 is 18.1 Å². The highest BCUT2D eigenvalue weighted by Gasteiger charge is 2.38. The van der Waals surface area contributed by atoms with Gasteiger partial charge in [-0.05, 0) is 37.9 Å². The zero-order valence-corrected chi connectivity index (χ0v) is 13.6. The summed E-state index contributed by atoms with van der Waals surface area (Å²) in [5.41, 5.74) is 9.79. The highest BCUT2D eigenvalue weighted by molar-refractivity contribution is 7.99. The fourth-order valence-corrected chi connectivity index (χ4v) is 3.53. The fourth-order valence-electron chi connectivity index (χ4n) is 2.41. The Hall–Kier alpha value is -1.69. The summed E-state index contributed by atoms with van der Waals surface area (Å²) in [6.45, 7) is 5.21. The summed E-state index contributed by atoms with van der Waals surface area (Å²) in [5.74, 6) is -0.400. The van der Waals surface area contributed by atoms with Crippen LogP contribution in [0.4, 0.5) is 0 Å². The van der Waals surface area contributed by atoms with Gasteiger partial charge in [-0.1, -0.05) is 34.6 Å². The Bertz CT molecular complexity index is 572. The molecule has 0 N–H and O–H groups in total. The number of carbonyl (C=O) groups excluding carboxylic acids is 1. The van der Waals surface area contributed by atoms with Crippen LogP contribution in [0.1, 0.15) is 25.8 Å². The van der Waals surface area contributed by atoms with Crippen LogP contribution in [0.25, 0.3) is 10.4 Å². The molecule has 1 fully saturated rings. The maximum atomic E-state index is 11.2. The highest BCUT2D eigenvalue weighted by Crippen LogP contribution is 2.35. The number of azide groups is 1. The van der Waals surface area contributed by atoms with Gasteiger partial charge in [-0.15, -0.1) is 0 Å². The predicted octanol–water partition coefficient (Wildman–Crippen LogP) is 3.83. The van der Waals surface area contributed by atoms with Crippen LogP contribution in [-0.4, -0.2) is 29.7 Å². The molecule has 4 atom stereocenters. The Balaban J connectivity index is 2.08. The van der Waals surface area contributed by atoms with E-state index >= 15 is 0 Å². The first kappa shape index (κ1) is 16.7. The van der Waals surface area contributed by atoms with Crippen LogP contribution in [0.3, 0.4) is 0 Å². The molecule has 2 rings (SSSR count). The predicted molar refractivity (Wildman–Crippen MR) is 84.5 cm³/mol. The first-order valence-corrected chi connectivity index (χ1v) is 7.97. The van der Waals surface area contributed by atoms with E-state index in [2.05, 4.69) is 10.0 Å². The summed E-state index contributed by atoms with van der Waals surface area (Å²) in [6, 6.07) is 7.74. The third-order valence-electron chi connectivity index (χ3n) is 3.43. The molecule has 0 radical (unpaired) electrons. The van der Waals surface area contributed by atoms with E-state index in [1.165, 1.54) is 12.5 Å². The van der Waals surface area contributed by atoms with E-state index in [0.717, 1.165) is 4.90 Å². The maximum Gasteiger partial charge on any atom is 0.303 e. The zero-order valence-electron chi connectivity index (χ0n) is 12.8. The summed E-state index contributed by atoms with van der Waals surface area (Å²) in [7, 11) is 0. The van der Waals surface area contributed by atoms with Crippen molar-refractivity contribution in [2.24, 2.45) is 5.11 Å². The molecule has 1 heterocycles. The lowest BCUT2D eigenvalue weighted by molar-refractivity contribution is -0.163. The summed E-state index contributed by atoms with van der Waals surface area (Å²) >= 11 is 1.58. The van der Waals surface area contributed by atoms with Gasteiger partial charge in [-0.2, -0.15) is 0 Å². The third-order valence-corrected chi connectivity index (χ3v) is 4.54. The molecule has 0 aromatic heterocycles. The molecule has 7 heteroatoms. The smallest absolute Gasteiger partial charge is 0.303 e. The number of aryl methyl sites for hydroxylation is 1. The summed E-state index contributed by atoms with van der Waals surface area (Å²) < 4.78 is 11.2. The van der Waals surface area contributed by atoms with Crippen molar-refractivity contribution in [3.8, 4) is 0 Å². The van der Waals surface area contributed by atoms with E-state index in [9.17, 15) is 4.79 Å². The van der Waals surface area contributed by atoms with Crippen molar-refractivity contribution < 1.29 is 14.3 Å². The van der Waals surface area contributed by atoms with Crippen molar-refractivity contribution in [3.05, 3.63) is 40.3 Å². The number of hydrogen-bond donors (Lipinski definition) is 0. The Morgan fingerprint density at radius 1 is 1.45 bits per heavy atom. The quantitative estimate of drug-likeness (QED) is 0.365. The van der Waals surface area contributed by atoms with Gasteiger partial charge in [0, 0.05) is 16.7 Å². The first-order valence-electron chi connectivity index (χ1n) is 7.10. The van der Waals surface area contributed by atoms with E-state index in [1.54, 1.807) is 11.8 Å². The fraction of sp³-hybridized carbons (Fsp3) is 0.533. The van der Waals surface area contributed by atoms with Crippen LogP contribution < -0.4 is 0 Å². The average Bonchev–Trinajstić information content (AvgIpc) is 2.45. The number of rotatable bonds is 4. The van der Waals surface area contributed by atoms with Crippen molar-refractivity contribution in [2.75, 3.05) is 0 Å². The van der Waals surface area contributed by atoms with Gasteiger partial charge >= 0.3 is 5.97 Å². The number of benzene rings is 1. The van der Waals surface area contributed by atoms with Gasteiger partial charge in [0.05, 0.1) is 12.1 Å². The van der Waals surface area contributed by atoms with Crippen molar-refractivity contribution in [1.82, 2.24) is 0 Å². The Kier molecular flexibility index (Phi) is 5.71. The summed E-state index contributed by atoms with van der Waals surface area (Å²) in [6.07, 6.45) is -0.357. The van der Waals surface area contributed by atoms with Gasteiger partial charge in [-0.3, -0.25) is 4.79 Å². The molecule has 1 aromatic rings. The molecular formula is C15H19N3O3S. The lowest BCUT2D eigenvalue weighted by atomic mass is 10.0. The zero-order chi connectivity index (χ0) is 16.1. The van der Waals surface area contributed by atoms with Crippen molar-refractivity contribution >= 4 is 17.7 Å². The molecular weight excluding hydrogens is 302 g/mol. The molecule has 1 saturated heterocycles. The number of nitrogens with zero attached hydrogens (tertiary/aromatic N) is 3. The molecule has 1 aliphatic heterocycles. The molecule has 1 aliphatic rings. The number of thioether (sulfide) groups is 1. The molecule has 118 valence electrons. The Labute approximate surface area is 133 Å². The normalized spacial score (nSPS) is 27.8. The second-order valence-corrected chi connectivity index (χ2v) is 6.52. The highest BCUT2D eigenvalue weighted by atomic mass is 32.2. The van der Waals surface area contributed by atoms with Crippen LogP contribution in [0.2, 0.25) is 0 Å². The molecule has 1 aromatic carbocycles. The molecule has 0 bridgehead atoms. The molecule has 0 aliphatic carbocycles. The van der Waals surface area contributed by atoms with Crippen LogP contribution in [0.15, 0.2) is 34.3 Å². The number of esters is 1. The number of ether oxygens (including phenoxy) is 2. The lowest BCUT2D eigenvalue weighted by Gasteiger charge is -2.37. The second kappa shape index (κ2) is 7.54. The Morgan fingerprint density at radius 2 is 2.14 bits per heavy atom. The number of hydrogen-bond acceptors (Lipinski definition) is 5. The van der Waals surface area contributed by atoms with Crippen molar-refractivity contribution in [2.45, 2.75) is 55.8 Å². The van der Waals surface area contributed by atoms with E-state index in [1.807, 2.05) is 38.1 Å².